The van der Waals surface area contributed by atoms with Crippen LogP contribution in [0.4, 0.5) is 5.69 Å². The maximum absolute atomic E-state index is 10.9. The molecular formula is C12H15NO7S. The number of nitrogens with zero attached hydrogens (tertiary/aromatic N) is 1. The molecule has 0 aliphatic carbocycles. The fourth-order valence-corrected chi connectivity index (χ4v) is 3.17. The largest absolute Gasteiger partial charge is 0.394 e. The molecule has 0 amide bonds. The summed E-state index contributed by atoms with van der Waals surface area (Å²) in [6.07, 6.45) is -5.43. The highest BCUT2D eigenvalue weighted by molar-refractivity contribution is 8.00. The zero-order valence-electron chi connectivity index (χ0n) is 10.8. The van der Waals surface area contributed by atoms with Gasteiger partial charge in [0.2, 0.25) is 0 Å². The van der Waals surface area contributed by atoms with Crippen molar-refractivity contribution in [2.45, 2.75) is 34.7 Å². The number of nitro benzene ring substituents is 1. The molecular weight excluding hydrogens is 302 g/mol. The van der Waals surface area contributed by atoms with Crippen LogP contribution in [0.2, 0.25) is 0 Å². The molecule has 1 saturated heterocycles. The van der Waals surface area contributed by atoms with Gasteiger partial charge >= 0.3 is 0 Å². The summed E-state index contributed by atoms with van der Waals surface area (Å²) in [6, 6.07) is 5.91. The summed E-state index contributed by atoms with van der Waals surface area (Å²) >= 11 is 0.856. The Morgan fingerprint density at radius 2 is 1.86 bits per heavy atom. The molecule has 0 unspecified atom stereocenters. The molecule has 1 aliphatic heterocycles. The van der Waals surface area contributed by atoms with Crippen molar-refractivity contribution in [3.8, 4) is 0 Å². The number of aliphatic hydroxyl groups excluding tert-OH is 4. The highest BCUT2D eigenvalue weighted by Gasteiger charge is 2.44. The van der Waals surface area contributed by atoms with Crippen LogP contribution in [0.25, 0.3) is 0 Å². The molecule has 5 atom stereocenters. The molecule has 0 aromatic heterocycles. The Balaban J connectivity index is 2.20. The number of ether oxygens (including phenoxy) is 1. The molecule has 4 N–H and O–H groups in total. The van der Waals surface area contributed by atoms with Gasteiger partial charge in [0.1, 0.15) is 29.9 Å². The van der Waals surface area contributed by atoms with E-state index in [0.29, 0.717) is 0 Å². The first kappa shape index (κ1) is 16.1. The lowest BCUT2D eigenvalue weighted by Gasteiger charge is -2.39. The summed E-state index contributed by atoms with van der Waals surface area (Å²) in [5.74, 6) is 0. The molecule has 0 radical (unpaired) electrons. The number of benzene rings is 1. The monoisotopic (exact) mass is 317 g/mol. The summed E-state index contributed by atoms with van der Waals surface area (Å²) < 4.78 is 5.30. The normalized spacial score (nSPS) is 32.9. The first-order valence-corrected chi connectivity index (χ1v) is 7.04. The van der Waals surface area contributed by atoms with Gasteiger partial charge in [0, 0.05) is 6.07 Å². The molecule has 2 rings (SSSR count). The van der Waals surface area contributed by atoms with Crippen molar-refractivity contribution in [2.24, 2.45) is 0 Å². The van der Waals surface area contributed by atoms with E-state index in [4.69, 9.17) is 9.84 Å². The standard InChI is InChI=1S/C12H15NO7S/c14-5-7-9(15)10(16)11(17)12(20-7)21-8-4-2-1-3-6(8)13(18)19/h1-4,7,9-12,14-17H,5H2/t7-,9+,10+,11+,12+/m1/s1. The Kier molecular flexibility index (Phi) is 5.14. The van der Waals surface area contributed by atoms with E-state index in [2.05, 4.69) is 0 Å². The van der Waals surface area contributed by atoms with Crippen molar-refractivity contribution in [2.75, 3.05) is 6.61 Å². The molecule has 9 heteroatoms. The Morgan fingerprint density at radius 1 is 1.19 bits per heavy atom. The van der Waals surface area contributed by atoms with Crippen molar-refractivity contribution >= 4 is 17.4 Å². The zero-order chi connectivity index (χ0) is 15.6. The van der Waals surface area contributed by atoms with Gasteiger partial charge in [0.15, 0.2) is 0 Å². The number of aliphatic hydroxyl groups is 4. The third-order valence-corrected chi connectivity index (χ3v) is 4.37. The minimum Gasteiger partial charge on any atom is -0.394 e. The van der Waals surface area contributed by atoms with Crippen molar-refractivity contribution in [3.63, 3.8) is 0 Å². The Morgan fingerprint density at radius 3 is 2.48 bits per heavy atom. The lowest BCUT2D eigenvalue weighted by Crippen LogP contribution is -2.57. The highest BCUT2D eigenvalue weighted by atomic mass is 32.2. The summed E-state index contributed by atoms with van der Waals surface area (Å²) in [5.41, 5.74) is -1.19. The summed E-state index contributed by atoms with van der Waals surface area (Å²) in [5, 5.41) is 49.3. The molecule has 1 heterocycles. The van der Waals surface area contributed by atoms with Gasteiger partial charge in [-0.3, -0.25) is 10.1 Å². The third kappa shape index (κ3) is 3.34. The topological polar surface area (TPSA) is 133 Å². The van der Waals surface area contributed by atoms with Crippen molar-refractivity contribution < 1.29 is 30.1 Å². The minimum absolute atomic E-state index is 0.153. The maximum atomic E-state index is 10.9. The molecule has 0 spiro atoms. The van der Waals surface area contributed by atoms with Gasteiger partial charge in [-0.1, -0.05) is 23.9 Å². The number of hydrogen-bond acceptors (Lipinski definition) is 8. The number of para-hydroxylation sites is 1. The lowest BCUT2D eigenvalue weighted by atomic mass is 10.0. The van der Waals surface area contributed by atoms with E-state index in [9.17, 15) is 25.4 Å². The van der Waals surface area contributed by atoms with Crippen LogP contribution in [-0.2, 0) is 4.74 Å². The third-order valence-electron chi connectivity index (χ3n) is 3.15. The van der Waals surface area contributed by atoms with Crippen molar-refractivity contribution in [1.29, 1.82) is 0 Å². The van der Waals surface area contributed by atoms with Crippen LogP contribution in [0.1, 0.15) is 0 Å². The van der Waals surface area contributed by atoms with Gasteiger partial charge < -0.3 is 25.2 Å². The number of rotatable bonds is 4. The SMILES string of the molecule is O=[N+]([O-])c1ccccc1S[C@@H]1O[C@H](CO)[C@H](O)[C@H](O)[C@@H]1O. The molecule has 116 valence electrons. The average molecular weight is 317 g/mol. The number of hydrogen-bond donors (Lipinski definition) is 4. The Labute approximate surface area is 124 Å². The predicted molar refractivity (Wildman–Crippen MR) is 72.7 cm³/mol. The molecule has 21 heavy (non-hydrogen) atoms. The second kappa shape index (κ2) is 6.69. The van der Waals surface area contributed by atoms with Crippen LogP contribution < -0.4 is 0 Å². The second-order valence-corrected chi connectivity index (χ2v) is 5.68. The van der Waals surface area contributed by atoms with E-state index in [1.54, 1.807) is 6.07 Å². The first-order chi connectivity index (χ1) is 9.95. The molecule has 1 aliphatic rings. The van der Waals surface area contributed by atoms with Gasteiger partial charge in [-0.2, -0.15) is 0 Å². The molecule has 1 aromatic carbocycles. The van der Waals surface area contributed by atoms with E-state index >= 15 is 0 Å². The molecule has 1 aromatic rings. The van der Waals surface area contributed by atoms with E-state index in [1.807, 2.05) is 0 Å². The van der Waals surface area contributed by atoms with E-state index in [-0.39, 0.29) is 10.6 Å². The van der Waals surface area contributed by atoms with E-state index < -0.39 is 41.4 Å². The van der Waals surface area contributed by atoms with Crippen LogP contribution in [0.15, 0.2) is 29.2 Å². The summed E-state index contributed by atoms with van der Waals surface area (Å²) in [7, 11) is 0. The van der Waals surface area contributed by atoms with Gasteiger partial charge in [0.25, 0.3) is 5.69 Å². The Hall–Kier alpha value is -1.23. The van der Waals surface area contributed by atoms with E-state index in [1.165, 1.54) is 18.2 Å². The molecule has 8 nitrogen and oxygen atoms in total. The number of thioether (sulfide) groups is 1. The fourth-order valence-electron chi connectivity index (χ4n) is 2.00. The zero-order valence-corrected chi connectivity index (χ0v) is 11.6. The molecule has 0 bridgehead atoms. The summed E-state index contributed by atoms with van der Waals surface area (Å²) in [4.78, 5) is 10.6. The fraction of sp³-hybridized carbons (Fsp3) is 0.500. The summed E-state index contributed by atoms with van der Waals surface area (Å²) in [6.45, 7) is -0.543. The molecule has 1 fully saturated rings. The van der Waals surface area contributed by atoms with Gasteiger partial charge in [-0.25, -0.2) is 0 Å². The highest BCUT2D eigenvalue weighted by Crippen LogP contribution is 2.37. The van der Waals surface area contributed by atoms with Crippen molar-refractivity contribution in [1.82, 2.24) is 0 Å². The van der Waals surface area contributed by atoms with Crippen LogP contribution in [0.3, 0.4) is 0 Å². The van der Waals surface area contributed by atoms with Gasteiger partial charge in [-0.05, 0) is 6.07 Å². The maximum Gasteiger partial charge on any atom is 0.282 e. The lowest BCUT2D eigenvalue weighted by molar-refractivity contribution is -0.387. The van der Waals surface area contributed by atoms with Crippen LogP contribution in [0.5, 0.6) is 0 Å². The predicted octanol–water partition coefficient (Wildman–Crippen LogP) is -0.513. The van der Waals surface area contributed by atoms with Gasteiger partial charge in [0.05, 0.1) is 16.4 Å². The minimum atomic E-state index is -1.50. The quantitative estimate of drug-likeness (QED) is 0.431. The second-order valence-electron chi connectivity index (χ2n) is 4.54. The molecule has 0 saturated carbocycles. The number of nitro groups is 1. The average Bonchev–Trinajstić information content (AvgIpc) is 2.48. The van der Waals surface area contributed by atoms with E-state index in [0.717, 1.165) is 11.8 Å². The van der Waals surface area contributed by atoms with Crippen LogP contribution in [0, 0.1) is 10.1 Å². The van der Waals surface area contributed by atoms with Crippen molar-refractivity contribution in [3.05, 3.63) is 34.4 Å². The van der Waals surface area contributed by atoms with Gasteiger partial charge in [-0.15, -0.1) is 0 Å². The Bertz CT molecular complexity index is 512. The first-order valence-electron chi connectivity index (χ1n) is 6.16. The smallest absolute Gasteiger partial charge is 0.282 e. The van der Waals surface area contributed by atoms with Crippen LogP contribution >= 0.6 is 11.8 Å². The van der Waals surface area contributed by atoms with Crippen LogP contribution in [-0.4, -0.2) is 61.8 Å².